The zero-order chi connectivity index (χ0) is 8.53. The lowest BCUT2D eigenvalue weighted by Crippen LogP contribution is -2.05. The summed E-state index contributed by atoms with van der Waals surface area (Å²) in [6.07, 6.45) is -0.0283. The molecule has 3 N–H and O–H groups in total. The third-order valence-corrected chi connectivity index (χ3v) is 0.835. The van der Waals surface area contributed by atoms with Gasteiger partial charge in [0.05, 0.1) is 6.61 Å². The van der Waals surface area contributed by atoms with Crippen LogP contribution in [-0.2, 0) is 14.8 Å². The highest BCUT2D eigenvalue weighted by atomic mass is 17.5. The lowest BCUT2D eigenvalue weighted by Gasteiger charge is -1.98. The summed E-state index contributed by atoms with van der Waals surface area (Å²) in [5.41, 5.74) is 5.17. The molecule has 0 rings (SSSR count). The second-order valence-corrected chi connectivity index (χ2v) is 1.74. The Balaban J connectivity index is 2.85. The van der Waals surface area contributed by atoms with Crippen LogP contribution in [-0.4, -0.2) is 24.4 Å². The Morgan fingerprint density at radius 1 is 1.45 bits per heavy atom. The standard InChI is InChI=1S/C5H11NO5/c6-3-1-2-4-9-11-10-5(7)8/h1-4,6H2,(H,7,8). The lowest BCUT2D eigenvalue weighted by atomic mass is 10.3. The molecule has 0 saturated heterocycles. The van der Waals surface area contributed by atoms with Gasteiger partial charge in [0.1, 0.15) is 0 Å². The fraction of sp³-hybridized carbons (Fsp3) is 0.800. The molecule has 6 heteroatoms. The van der Waals surface area contributed by atoms with E-state index in [0.717, 1.165) is 6.42 Å². The molecule has 0 bridgehead atoms. The van der Waals surface area contributed by atoms with Crippen LogP contribution in [0, 0.1) is 0 Å². The van der Waals surface area contributed by atoms with Crippen molar-refractivity contribution in [2.75, 3.05) is 13.2 Å². The second-order valence-electron chi connectivity index (χ2n) is 1.74. The van der Waals surface area contributed by atoms with E-state index in [2.05, 4.69) is 14.8 Å². The van der Waals surface area contributed by atoms with Gasteiger partial charge in [-0.05, 0) is 24.4 Å². The van der Waals surface area contributed by atoms with Crippen LogP contribution >= 0.6 is 0 Å². The summed E-state index contributed by atoms with van der Waals surface area (Å²) >= 11 is 0. The molecular formula is C5H11NO5. The highest BCUT2D eigenvalue weighted by Crippen LogP contribution is 1.89. The molecule has 0 heterocycles. The van der Waals surface area contributed by atoms with Crippen LogP contribution in [0.4, 0.5) is 4.79 Å². The zero-order valence-electron chi connectivity index (χ0n) is 5.99. The summed E-state index contributed by atoms with van der Waals surface area (Å²) in [6.45, 7) is 0.841. The van der Waals surface area contributed by atoms with E-state index in [-0.39, 0.29) is 6.61 Å². The van der Waals surface area contributed by atoms with Gasteiger partial charge in [-0.3, -0.25) is 0 Å². The molecule has 0 fully saturated rings. The topological polar surface area (TPSA) is 91.0 Å². The van der Waals surface area contributed by atoms with Crippen LogP contribution in [0.15, 0.2) is 0 Å². The van der Waals surface area contributed by atoms with E-state index in [1.807, 2.05) is 0 Å². The van der Waals surface area contributed by atoms with Gasteiger partial charge in [0, 0.05) is 0 Å². The number of nitrogens with two attached hydrogens (primary N) is 1. The quantitative estimate of drug-likeness (QED) is 0.334. The Kier molecular flexibility index (Phi) is 6.70. The highest BCUT2D eigenvalue weighted by molar-refractivity contribution is 5.55. The SMILES string of the molecule is NCCCCOOOC(=O)O. The van der Waals surface area contributed by atoms with Crippen molar-refractivity contribution in [2.24, 2.45) is 5.73 Å². The summed E-state index contributed by atoms with van der Waals surface area (Å²) in [4.78, 5) is 17.5. The summed E-state index contributed by atoms with van der Waals surface area (Å²) < 4.78 is 0. The molecule has 0 aliphatic rings. The normalized spacial score (nSPS) is 9.55. The molecule has 0 aliphatic heterocycles. The molecule has 0 aliphatic carbocycles. The number of carboxylic acid groups (broad SMARTS) is 1. The van der Waals surface area contributed by atoms with Gasteiger partial charge in [0.2, 0.25) is 0 Å². The van der Waals surface area contributed by atoms with Gasteiger partial charge in [0.25, 0.3) is 0 Å². The maximum absolute atomic E-state index is 9.64. The summed E-state index contributed by atoms with van der Waals surface area (Å²) in [7, 11) is 0. The monoisotopic (exact) mass is 165 g/mol. The minimum atomic E-state index is -1.54. The van der Waals surface area contributed by atoms with E-state index >= 15 is 0 Å². The fourth-order valence-electron chi connectivity index (χ4n) is 0.393. The third kappa shape index (κ3) is 9.15. The second kappa shape index (κ2) is 7.26. The molecule has 0 atom stereocenters. The van der Waals surface area contributed by atoms with Crippen LogP contribution in [0.2, 0.25) is 0 Å². The fourth-order valence-corrected chi connectivity index (χ4v) is 0.393. The number of hydrogen-bond donors (Lipinski definition) is 2. The molecule has 0 saturated carbocycles. The molecule has 66 valence electrons. The Hall–Kier alpha value is -0.850. The molecule has 11 heavy (non-hydrogen) atoms. The first kappa shape index (κ1) is 10.2. The van der Waals surface area contributed by atoms with Crippen molar-refractivity contribution in [1.82, 2.24) is 0 Å². The lowest BCUT2D eigenvalue weighted by molar-refractivity contribution is -0.485. The number of unbranched alkanes of at least 4 members (excludes halogenated alkanes) is 1. The van der Waals surface area contributed by atoms with Crippen molar-refractivity contribution in [3.63, 3.8) is 0 Å². The Labute approximate surface area is 63.7 Å². The Morgan fingerprint density at radius 2 is 2.18 bits per heavy atom. The van der Waals surface area contributed by atoms with Crippen LogP contribution in [0.3, 0.4) is 0 Å². The van der Waals surface area contributed by atoms with Crippen LogP contribution in [0.5, 0.6) is 0 Å². The van der Waals surface area contributed by atoms with E-state index in [1.165, 1.54) is 0 Å². The minimum absolute atomic E-state index is 0.268. The zero-order valence-corrected chi connectivity index (χ0v) is 5.99. The average molecular weight is 165 g/mol. The van der Waals surface area contributed by atoms with Crippen LogP contribution in [0.25, 0.3) is 0 Å². The first-order valence-electron chi connectivity index (χ1n) is 3.16. The predicted octanol–water partition coefficient (Wildman–Crippen LogP) is 0.283. The van der Waals surface area contributed by atoms with Crippen LogP contribution in [0.1, 0.15) is 12.8 Å². The predicted molar refractivity (Wildman–Crippen MR) is 34.4 cm³/mol. The van der Waals surface area contributed by atoms with Crippen molar-refractivity contribution in [1.29, 1.82) is 0 Å². The first-order valence-corrected chi connectivity index (χ1v) is 3.16. The summed E-state index contributed by atoms with van der Waals surface area (Å²) in [6, 6.07) is 0. The Morgan fingerprint density at radius 3 is 2.73 bits per heavy atom. The maximum atomic E-state index is 9.64. The molecule has 0 unspecified atom stereocenters. The van der Waals surface area contributed by atoms with Gasteiger partial charge in [-0.25, -0.2) is 9.68 Å². The molecule has 0 amide bonds. The Bertz CT molecular complexity index is 107. The maximum Gasteiger partial charge on any atom is 0.540 e. The summed E-state index contributed by atoms with van der Waals surface area (Å²) in [5, 5.41) is 11.7. The highest BCUT2D eigenvalue weighted by Gasteiger charge is 1.96. The minimum Gasteiger partial charge on any atom is -0.448 e. The molecule has 6 nitrogen and oxygen atoms in total. The van der Waals surface area contributed by atoms with Crippen molar-refractivity contribution < 1.29 is 24.7 Å². The van der Waals surface area contributed by atoms with Crippen LogP contribution < -0.4 is 5.73 Å². The molecule has 0 aromatic heterocycles. The number of hydrogen-bond acceptors (Lipinski definition) is 5. The number of carbonyl (C=O) groups is 1. The molecule has 0 aromatic carbocycles. The van der Waals surface area contributed by atoms with Crippen molar-refractivity contribution in [2.45, 2.75) is 12.8 Å². The van der Waals surface area contributed by atoms with E-state index in [4.69, 9.17) is 10.8 Å². The van der Waals surface area contributed by atoms with Gasteiger partial charge in [0.15, 0.2) is 0 Å². The molecule has 0 radical (unpaired) electrons. The van der Waals surface area contributed by atoms with Gasteiger partial charge in [-0.2, -0.15) is 4.89 Å². The van der Waals surface area contributed by atoms with E-state index in [9.17, 15) is 4.79 Å². The average Bonchev–Trinajstić information content (AvgIpc) is 1.96. The largest absolute Gasteiger partial charge is 0.540 e. The number of rotatable bonds is 6. The van der Waals surface area contributed by atoms with Crippen molar-refractivity contribution in [3.8, 4) is 0 Å². The van der Waals surface area contributed by atoms with E-state index in [1.54, 1.807) is 0 Å². The van der Waals surface area contributed by atoms with Gasteiger partial charge < -0.3 is 10.8 Å². The first-order chi connectivity index (χ1) is 5.27. The smallest absolute Gasteiger partial charge is 0.448 e. The molecule has 0 aromatic rings. The summed E-state index contributed by atoms with van der Waals surface area (Å²) in [5.74, 6) is 0. The molecular weight excluding hydrogens is 154 g/mol. The van der Waals surface area contributed by atoms with Gasteiger partial charge in [-0.1, -0.05) is 0 Å². The van der Waals surface area contributed by atoms with Crippen molar-refractivity contribution >= 4 is 6.16 Å². The van der Waals surface area contributed by atoms with E-state index in [0.29, 0.717) is 13.0 Å². The van der Waals surface area contributed by atoms with E-state index < -0.39 is 6.16 Å². The molecule has 0 spiro atoms. The van der Waals surface area contributed by atoms with Gasteiger partial charge in [-0.15, -0.1) is 0 Å². The van der Waals surface area contributed by atoms with Crippen molar-refractivity contribution in [3.05, 3.63) is 0 Å². The third-order valence-electron chi connectivity index (χ3n) is 0.835. The van der Waals surface area contributed by atoms with Gasteiger partial charge >= 0.3 is 6.16 Å².